The van der Waals surface area contributed by atoms with Gasteiger partial charge >= 0.3 is 5.97 Å². The number of carbonyl (C=O) groups excluding carboxylic acids is 3. The smallest absolute Gasteiger partial charge is 0.324 e. The third-order valence-electron chi connectivity index (χ3n) is 1.78. The second kappa shape index (κ2) is 3.47. The van der Waals surface area contributed by atoms with Crippen LogP contribution >= 0.6 is 0 Å². The second-order valence-corrected chi connectivity index (χ2v) is 2.62. The first-order chi connectivity index (χ1) is 5.66. The van der Waals surface area contributed by atoms with E-state index in [4.69, 9.17) is 0 Å². The van der Waals surface area contributed by atoms with Crippen LogP contribution in [0.15, 0.2) is 0 Å². The quantitative estimate of drug-likeness (QED) is 0.435. The van der Waals surface area contributed by atoms with E-state index < -0.39 is 11.9 Å². The SMILES string of the molecule is CCOC(=O)C1C(=O)CCC1=O. The summed E-state index contributed by atoms with van der Waals surface area (Å²) in [6, 6.07) is 0. The summed E-state index contributed by atoms with van der Waals surface area (Å²) in [4.78, 5) is 33.0. The van der Waals surface area contributed by atoms with Crippen LogP contribution in [-0.4, -0.2) is 24.1 Å². The van der Waals surface area contributed by atoms with Crippen molar-refractivity contribution in [3.05, 3.63) is 0 Å². The zero-order chi connectivity index (χ0) is 9.14. The molecule has 1 rings (SSSR count). The van der Waals surface area contributed by atoms with Gasteiger partial charge in [0.05, 0.1) is 6.61 Å². The van der Waals surface area contributed by atoms with Crippen molar-refractivity contribution in [3.63, 3.8) is 0 Å². The lowest BCUT2D eigenvalue weighted by Gasteiger charge is -2.04. The van der Waals surface area contributed by atoms with Gasteiger partial charge in [-0.1, -0.05) is 0 Å². The molecule has 0 heterocycles. The lowest BCUT2D eigenvalue weighted by molar-refractivity contribution is -0.152. The summed E-state index contributed by atoms with van der Waals surface area (Å²) in [5.74, 6) is -2.42. The molecular weight excluding hydrogens is 160 g/mol. The summed E-state index contributed by atoms with van der Waals surface area (Å²) in [7, 11) is 0. The van der Waals surface area contributed by atoms with E-state index in [9.17, 15) is 14.4 Å². The maximum atomic E-state index is 11.0. The number of ketones is 2. The predicted octanol–water partition coefficient (Wildman–Crippen LogP) is 0.0977. The molecule has 1 saturated carbocycles. The molecule has 0 N–H and O–H groups in total. The third-order valence-corrected chi connectivity index (χ3v) is 1.78. The normalized spacial score (nSPS) is 18.4. The molecule has 0 aromatic heterocycles. The van der Waals surface area contributed by atoms with E-state index in [1.807, 2.05) is 0 Å². The van der Waals surface area contributed by atoms with Crippen LogP contribution in [0.1, 0.15) is 19.8 Å². The van der Waals surface area contributed by atoms with Crippen molar-refractivity contribution in [1.82, 2.24) is 0 Å². The Morgan fingerprint density at radius 3 is 2.33 bits per heavy atom. The number of ether oxygens (including phenoxy) is 1. The Hall–Kier alpha value is -1.19. The first-order valence-corrected chi connectivity index (χ1v) is 3.89. The van der Waals surface area contributed by atoms with Crippen molar-refractivity contribution in [2.75, 3.05) is 6.61 Å². The van der Waals surface area contributed by atoms with Gasteiger partial charge in [0.2, 0.25) is 0 Å². The molecule has 1 fully saturated rings. The van der Waals surface area contributed by atoms with E-state index in [0.717, 1.165) is 0 Å². The first-order valence-electron chi connectivity index (χ1n) is 3.89. The molecule has 0 bridgehead atoms. The molecule has 0 amide bonds. The molecule has 0 aromatic carbocycles. The molecule has 0 unspecified atom stereocenters. The highest BCUT2D eigenvalue weighted by molar-refractivity contribution is 6.21. The van der Waals surface area contributed by atoms with Crippen LogP contribution in [0.2, 0.25) is 0 Å². The Bertz CT molecular complexity index is 215. The van der Waals surface area contributed by atoms with Gasteiger partial charge in [-0.15, -0.1) is 0 Å². The number of hydrogen-bond donors (Lipinski definition) is 0. The van der Waals surface area contributed by atoms with E-state index in [-0.39, 0.29) is 31.0 Å². The van der Waals surface area contributed by atoms with Crippen molar-refractivity contribution in [1.29, 1.82) is 0 Å². The molecule has 66 valence electrons. The maximum absolute atomic E-state index is 11.0. The summed E-state index contributed by atoms with van der Waals surface area (Å²) in [6.07, 6.45) is 0.366. The van der Waals surface area contributed by atoms with Crippen molar-refractivity contribution in [2.24, 2.45) is 5.92 Å². The largest absolute Gasteiger partial charge is 0.465 e. The van der Waals surface area contributed by atoms with Crippen LogP contribution < -0.4 is 0 Å². The van der Waals surface area contributed by atoms with Gasteiger partial charge in [-0.25, -0.2) is 0 Å². The topological polar surface area (TPSA) is 60.4 Å². The van der Waals surface area contributed by atoms with E-state index in [2.05, 4.69) is 4.74 Å². The lowest BCUT2D eigenvalue weighted by Crippen LogP contribution is -2.26. The molecule has 1 aliphatic rings. The van der Waals surface area contributed by atoms with Gasteiger partial charge < -0.3 is 4.74 Å². The number of Topliss-reactive ketones (excluding diaryl/α,β-unsaturated/α-hetero) is 2. The van der Waals surface area contributed by atoms with Crippen molar-refractivity contribution >= 4 is 17.5 Å². The molecule has 4 nitrogen and oxygen atoms in total. The Morgan fingerprint density at radius 1 is 1.42 bits per heavy atom. The number of esters is 1. The molecule has 12 heavy (non-hydrogen) atoms. The molecule has 0 aliphatic heterocycles. The number of carbonyl (C=O) groups is 3. The van der Waals surface area contributed by atoms with Crippen molar-refractivity contribution in [3.8, 4) is 0 Å². The minimum absolute atomic E-state index is 0.183. The van der Waals surface area contributed by atoms with Gasteiger partial charge in [0, 0.05) is 12.8 Å². The average Bonchev–Trinajstić information content (AvgIpc) is 2.32. The Morgan fingerprint density at radius 2 is 1.92 bits per heavy atom. The fraction of sp³-hybridized carbons (Fsp3) is 0.625. The molecule has 4 heteroatoms. The molecule has 1 aliphatic carbocycles. The minimum atomic E-state index is -1.12. The molecule has 0 radical (unpaired) electrons. The van der Waals surface area contributed by atoms with Gasteiger partial charge in [-0.05, 0) is 6.92 Å². The summed E-state index contributed by atoms with van der Waals surface area (Å²) in [5, 5.41) is 0. The van der Waals surface area contributed by atoms with E-state index in [1.54, 1.807) is 6.92 Å². The molecule has 0 atom stereocenters. The van der Waals surface area contributed by atoms with Crippen LogP contribution in [0.3, 0.4) is 0 Å². The predicted molar refractivity (Wildman–Crippen MR) is 39.4 cm³/mol. The second-order valence-electron chi connectivity index (χ2n) is 2.62. The highest BCUT2D eigenvalue weighted by atomic mass is 16.5. The van der Waals surface area contributed by atoms with E-state index in [0.29, 0.717) is 0 Å². The molecular formula is C8H10O4. The van der Waals surface area contributed by atoms with Crippen LogP contribution in [0.4, 0.5) is 0 Å². The van der Waals surface area contributed by atoms with Gasteiger partial charge in [0.1, 0.15) is 0 Å². The molecule has 0 spiro atoms. The van der Waals surface area contributed by atoms with Crippen molar-refractivity contribution in [2.45, 2.75) is 19.8 Å². The lowest BCUT2D eigenvalue weighted by atomic mass is 10.1. The number of rotatable bonds is 2. The van der Waals surface area contributed by atoms with E-state index in [1.165, 1.54) is 0 Å². The minimum Gasteiger partial charge on any atom is -0.465 e. The fourth-order valence-corrected chi connectivity index (χ4v) is 1.20. The summed E-state index contributed by atoms with van der Waals surface area (Å²) >= 11 is 0. The highest BCUT2D eigenvalue weighted by Crippen LogP contribution is 2.18. The van der Waals surface area contributed by atoms with Gasteiger partial charge in [-0.2, -0.15) is 0 Å². The third kappa shape index (κ3) is 1.52. The summed E-state index contributed by atoms with van der Waals surface area (Å²) < 4.78 is 4.59. The zero-order valence-electron chi connectivity index (χ0n) is 6.83. The van der Waals surface area contributed by atoms with Crippen LogP contribution in [0, 0.1) is 5.92 Å². The highest BCUT2D eigenvalue weighted by Gasteiger charge is 2.39. The summed E-state index contributed by atoms with van der Waals surface area (Å²) in [5.41, 5.74) is 0. The zero-order valence-corrected chi connectivity index (χ0v) is 6.83. The monoisotopic (exact) mass is 170 g/mol. The molecule has 0 aromatic rings. The summed E-state index contributed by atoms with van der Waals surface area (Å²) in [6.45, 7) is 1.84. The Kier molecular flexibility index (Phi) is 2.58. The number of hydrogen-bond acceptors (Lipinski definition) is 4. The van der Waals surface area contributed by atoms with Crippen LogP contribution in [-0.2, 0) is 19.1 Å². The standard InChI is InChI=1S/C8H10O4/c1-2-12-8(11)7-5(9)3-4-6(7)10/h7H,2-4H2,1H3. The van der Waals surface area contributed by atoms with E-state index >= 15 is 0 Å². The van der Waals surface area contributed by atoms with Gasteiger partial charge in [0.25, 0.3) is 0 Å². The first kappa shape index (κ1) is 8.90. The average molecular weight is 170 g/mol. The Labute approximate surface area is 69.9 Å². The van der Waals surface area contributed by atoms with Gasteiger partial charge in [-0.3, -0.25) is 14.4 Å². The van der Waals surface area contributed by atoms with Gasteiger partial charge in [0.15, 0.2) is 17.5 Å². The fourth-order valence-electron chi connectivity index (χ4n) is 1.20. The Balaban J connectivity index is 2.66. The van der Waals surface area contributed by atoms with Crippen LogP contribution in [0.25, 0.3) is 0 Å². The molecule has 0 saturated heterocycles. The van der Waals surface area contributed by atoms with Crippen LogP contribution in [0.5, 0.6) is 0 Å². The van der Waals surface area contributed by atoms with Crippen molar-refractivity contribution < 1.29 is 19.1 Å². The maximum Gasteiger partial charge on any atom is 0.324 e.